The van der Waals surface area contributed by atoms with Gasteiger partial charge in [-0.3, -0.25) is 9.59 Å². The van der Waals surface area contributed by atoms with Crippen LogP contribution in [0.15, 0.2) is 77.9 Å². The number of nitrogens with one attached hydrogen (secondary N) is 2. The lowest BCUT2D eigenvalue weighted by Crippen LogP contribution is -2.20. The van der Waals surface area contributed by atoms with Gasteiger partial charge in [-0.2, -0.15) is 5.10 Å². The molecule has 0 aliphatic rings. The Bertz CT molecular complexity index is 1040. The van der Waals surface area contributed by atoms with Gasteiger partial charge in [0.2, 0.25) is 0 Å². The van der Waals surface area contributed by atoms with Crippen LogP contribution in [0.4, 0.5) is 5.69 Å². The Morgan fingerprint density at radius 3 is 2.23 bits per heavy atom. The average Bonchev–Trinajstić information content (AvgIpc) is 2.75. The summed E-state index contributed by atoms with van der Waals surface area (Å²) in [4.78, 5) is 24.3. The predicted octanol–water partition coefficient (Wildman–Crippen LogP) is 4.08. The maximum absolute atomic E-state index is 12.1. The summed E-state index contributed by atoms with van der Waals surface area (Å²) >= 11 is 0. The summed E-state index contributed by atoms with van der Waals surface area (Å²) < 4.78 is 5.63. The molecule has 0 spiro atoms. The summed E-state index contributed by atoms with van der Waals surface area (Å²) in [5.74, 6) is -0.0784. The predicted molar refractivity (Wildman–Crippen MR) is 118 cm³/mol. The molecule has 0 aliphatic heterocycles. The van der Waals surface area contributed by atoms with E-state index >= 15 is 0 Å². The van der Waals surface area contributed by atoms with E-state index in [9.17, 15) is 9.59 Å². The third-order valence-corrected chi connectivity index (χ3v) is 4.30. The molecule has 0 atom stereocenters. The zero-order valence-corrected chi connectivity index (χ0v) is 16.9. The van der Waals surface area contributed by atoms with Gasteiger partial charge in [0.25, 0.3) is 11.8 Å². The molecule has 0 aromatic heterocycles. The number of carbonyl (C=O) groups is 2. The minimum Gasteiger partial charge on any atom is -0.483 e. The van der Waals surface area contributed by atoms with Gasteiger partial charge in [-0.25, -0.2) is 5.43 Å². The largest absolute Gasteiger partial charge is 0.483 e. The molecule has 0 fully saturated rings. The van der Waals surface area contributed by atoms with E-state index in [1.54, 1.807) is 30.3 Å². The number of ether oxygens (including phenoxy) is 1. The van der Waals surface area contributed by atoms with Crippen LogP contribution in [0.5, 0.6) is 5.75 Å². The molecule has 3 aromatic rings. The standard InChI is InChI=1S/C24H23N3O3/c1-17-7-11-19(12-8-17)24(29)27-25-15-20-5-3-4-6-22(20)30-16-23(28)26-21-13-9-18(2)10-14-21/h3-15H,16H2,1-2H3,(H,26,28)(H,27,29)/b25-15+. The van der Waals surface area contributed by atoms with Gasteiger partial charge in [0, 0.05) is 16.8 Å². The van der Waals surface area contributed by atoms with Gasteiger partial charge in [-0.15, -0.1) is 0 Å². The molecule has 0 unspecified atom stereocenters. The number of hydrazone groups is 1. The van der Waals surface area contributed by atoms with Crippen LogP contribution in [0.2, 0.25) is 0 Å². The summed E-state index contributed by atoms with van der Waals surface area (Å²) in [5, 5.41) is 6.78. The summed E-state index contributed by atoms with van der Waals surface area (Å²) in [5.41, 5.74) is 6.56. The van der Waals surface area contributed by atoms with Crippen LogP contribution in [-0.4, -0.2) is 24.6 Å². The fourth-order valence-corrected chi connectivity index (χ4v) is 2.63. The van der Waals surface area contributed by atoms with E-state index < -0.39 is 0 Å². The van der Waals surface area contributed by atoms with Crippen LogP contribution < -0.4 is 15.5 Å². The monoisotopic (exact) mass is 401 g/mol. The molecular formula is C24H23N3O3. The van der Waals surface area contributed by atoms with Crippen molar-refractivity contribution < 1.29 is 14.3 Å². The van der Waals surface area contributed by atoms with E-state index in [2.05, 4.69) is 15.8 Å². The fourth-order valence-electron chi connectivity index (χ4n) is 2.63. The van der Waals surface area contributed by atoms with E-state index in [1.165, 1.54) is 6.21 Å². The van der Waals surface area contributed by atoms with Crippen molar-refractivity contribution in [2.24, 2.45) is 5.10 Å². The second kappa shape index (κ2) is 10.0. The summed E-state index contributed by atoms with van der Waals surface area (Å²) in [7, 11) is 0. The number of aryl methyl sites for hydroxylation is 2. The van der Waals surface area contributed by atoms with Crippen molar-refractivity contribution in [2.45, 2.75) is 13.8 Å². The van der Waals surface area contributed by atoms with Gasteiger partial charge in [0.1, 0.15) is 5.75 Å². The number of benzene rings is 3. The van der Waals surface area contributed by atoms with Gasteiger partial charge in [-0.05, 0) is 50.2 Å². The van der Waals surface area contributed by atoms with Crippen LogP contribution in [0.25, 0.3) is 0 Å². The second-order valence-electron chi connectivity index (χ2n) is 6.81. The Hall–Kier alpha value is -3.93. The number of rotatable bonds is 7. The van der Waals surface area contributed by atoms with Crippen molar-refractivity contribution in [1.29, 1.82) is 0 Å². The molecule has 0 bridgehead atoms. The molecule has 6 nitrogen and oxygen atoms in total. The molecule has 2 amide bonds. The smallest absolute Gasteiger partial charge is 0.271 e. The Kier molecular flexibility index (Phi) is 6.95. The first-order valence-electron chi connectivity index (χ1n) is 9.50. The van der Waals surface area contributed by atoms with Crippen molar-refractivity contribution >= 4 is 23.7 Å². The van der Waals surface area contributed by atoms with Crippen molar-refractivity contribution in [1.82, 2.24) is 5.43 Å². The van der Waals surface area contributed by atoms with E-state index in [1.807, 2.05) is 56.3 Å². The molecule has 152 valence electrons. The minimum absolute atomic E-state index is 0.144. The Morgan fingerprint density at radius 1 is 0.900 bits per heavy atom. The minimum atomic E-state index is -0.304. The highest BCUT2D eigenvalue weighted by Crippen LogP contribution is 2.16. The average molecular weight is 401 g/mol. The molecule has 0 heterocycles. The van der Waals surface area contributed by atoms with Crippen molar-refractivity contribution in [3.8, 4) is 5.75 Å². The summed E-state index contributed by atoms with van der Waals surface area (Å²) in [6.45, 7) is 3.79. The first-order valence-corrected chi connectivity index (χ1v) is 9.50. The topological polar surface area (TPSA) is 79.8 Å². The lowest BCUT2D eigenvalue weighted by molar-refractivity contribution is -0.118. The molecular weight excluding hydrogens is 378 g/mol. The van der Waals surface area contributed by atoms with E-state index in [0.717, 1.165) is 11.1 Å². The second-order valence-corrected chi connectivity index (χ2v) is 6.81. The SMILES string of the molecule is Cc1ccc(NC(=O)COc2ccccc2/C=N/NC(=O)c2ccc(C)cc2)cc1. The highest BCUT2D eigenvalue weighted by Gasteiger charge is 2.07. The highest BCUT2D eigenvalue weighted by atomic mass is 16.5. The highest BCUT2D eigenvalue weighted by molar-refractivity contribution is 5.95. The zero-order valence-electron chi connectivity index (χ0n) is 16.9. The molecule has 0 aliphatic carbocycles. The van der Waals surface area contributed by atoms with Gasteiger partial charge < -0.3 is 10.1 Å². The molecule has 0 saturated carbocycles. The quantitative estimate of drug-likeness (QED) is 0.462. The third-order valence-electron chi connectivity index (χ3n) is 4.30. The number of para-hydroxylation sites is 1. The number of carbonyl (C=O) groups excluding carboxylic acids is 2. The van der Waals surface area contributed by atoms with Crippen molar-refractivity contribution in [2.75, 3.05) is 11.9 Å². The van der Waals surface area contributed by atoms with Crippen LogP contribution in [-0.2, 0) is 4.79 Å². The summed E-state index contributed by atoms with van der Waals surface area (Å²) in [6, 6.07) is 21.9. The maximum atomic E-state index is 12.1. The van der Waals surface area contributed by atoms with Crippen LogP contribution >= 0.6 is 0 Å². The Labute approximate surface area is 175 Å². The number of amides is 2. The molecule has 3 aromatic carbocycles. The number of nitrogens with zero attached hydrogens (tertiary/aromatic N) is 1. The van der Waals surface area contributed by atoms with E-state index in [0.29, 0.717) is 22.6 Å². The maximum Gasteiger partial charge on any atom is 0.271 e. The zero-order chi connectivity index (χ0) is 21.3. The third kappa shape index (κ3) is 6.04. The first kappa shape index (κ1) is 20.8. The molecule has 3 rings (SSSR count). The van der Waals surface area contributed by atoms with E-state index in [-0.39, 0.29) is 18.4 Å². The van der Waals surface area contributed by atoms with Crippen LogP contribution in [0.1, 0.15) is 27.0 Å². The Balaban J connectivity index is 1.56. The lowest BCUT2D eigenvalue weighted by Gasteiger charge is -2.09. The number of anilines is 1. The fraction of sp³-hybridized carbons (Fsp3) is 0.125. The van der Waals surface area contributed by atoms with Gasteiger partial charge in [0.05, 0.1) is 6.21 Å². The molecule has 2 N–H and O–H groups in total. The molecule has 0 saturated heterocycles. The molecule has 6 heteroatoms. The summed E-state index contributed by atoms with van der Waals surface area (Å²) in [6.07, 6.45) is 1.49. The lowest BCUT2D eigenvalue weighted by atomic mass is 10.1. The van der Waals surface area contributed by atoms with Crippen LogP contribution in [0, 0.1) is 13.8 Å². The number of hydrogen-bond acceptors (Lipinski definition) is 4. The van der Waals surface area contributed by atoms with E-state index in [4.69, 9.17) is 4.74 Å². The van der Waals surface area contributed by atoms with Crippen molar-refractivity contribution in [3.63, 3.8) is 0 Å². The van der Waals surface area contributed by atoms with Gasteiger partial charge in [0.15, 0.2) is 6.61 Å². The van der Waals surface area contributed by atoms with Gasteiger partial charge in [-0.1, -0.05) is 47.5 Å². The van der Waals surface area contributed by atoms with Crippen LogP contribution in [0.3, 0.4) is 0 Å². The molecule has 0 radical (unpaired) electrons. The first-order chi connectivity index (χ1) is 14.5. The van der Waals surface area contributed by atoms with Crippen molar-refractivity contribution in [3.05, 3.63) is 95.1 Å². The number of hydrogen-bond donors (Lipinski definition) is 2. The normalized spacial score (nSPS) is 10.6. The Morgan fingerprint density at radius 2 is 1.53 bits per heavy atom. The van der Waals surface area contributed by atoms with Gasteiger partial charge >= 0.3 is 0 Å². The molecule has 30 heavy (non-hydrogen) atoms.